The molecule has 0 spiro atoms. The summed E-state index contributed by atoms with van der Waals surface area (Å²) in [5.74, 6) is 0.0640. The number of rotatable bonds is 3. The first-order chi connectivity index (χ1) is 7.62. The molecule has 5 heteroatoms. The number of aromatic nitrogens is 1. The van der Waals surface area contributed by atoms with Gasteiger partial charge in [-0.25, -0.2) is 8.42 Å². The van der Waals surface area contributed by atoms with E-state index in [9.17, 15) is 8.42 Å². The van der Waals surface area contributed by atoms with Crippen LogP contribution in [0.1, 0.15) is 6.92 Å². The van der Waals surface area contributed by atoms with Crippen molar-refractivity contribution in [3.8, 4) is 0 Å². The lowest BCUT2D eigenvalue weighted by Gasteiger charge is -2.08. The van der Waals surface area contributed by atoms with E-state index >= 15 is 0 Å². The van der Waals surface area contributed by atoms with Crippen LogP contribution in [0, 0.1) is 0 Å². The Kier molecular flexibility index (Phi) is 2.78. The second-order valence-corrected chi connectivity index (χ2v) is 5.42. The second-order valence-electron chi connectivity index (χ2n) is 3.41. The predicted octanol–water partition coefficient (Wildman–Crippen LogP) is 2.00. The largest absolute Gasteiger partial charge is 0.283 e. The molecule has 84 valence electrons. The van der Waals surface area contributed by atoms with E-state index in [1.54, 1.807) is 37.5 Å². The summed E-state index contributed by atoms with van der Waals surface area (Å²) in [4.78, 5) is 3.99. The number of pyridine rings is 1. The van der Waals surface area contributed by atoms with E-state index in [-0.39, 0.29) is 5.75 Å². The Labute approximate surface area is 94.4 Å². The topological polar surface area (TPSA) is 59.1 Å². The van der Waals surface area contributed by atoms with E-state index in [4.69, 9.17) is 0 Å². The minimum Gasteiger partial charge on any atom is -0.283 e. The highest BCUT2D eigenvalue weighted by atomic mass is 32.2. The highest BCUT2D eigenvalue weighted by molar-refractivity contribution is 7.92. The molecule has 0 unspecified atom stereocenters. The number of nitrogens with zero attached hydrogens (tertiary/aromatic N) is 1. The van der Waals surface area contributed by atoms with Gasteiger partial charge < -0.3 is 0 Å². The number of sulfonamides is 1. The Morgan fingerprint density at radius 1 is 1.31 bits per heavy atom. The van der Waals surface area contributed by atoms with Gasteiger partial charge in [-0.1, -0.05) is 12.1 Å². The highest BCUT2D eigenvalue weighted by Gasteiger charge is 2.08. The van der Waals surface area contributed by atoms with Gasteiger partial charge in [0.25, 0.3) is 0 Å². The van der Waals surface area contributed by atoms with Gasteiger partial charge in [0, 0.05) is 23.2 Å². The SMILES string of the molecule is CCS(=O)(=O)Nc1cccc2cnccc12. The van der Waals surface area contributed by atoms with Crippen molar-refractivity contribution in [2.45, 2.75) is 6.92 Å². The lowest BCUT2D eigenvalue weighted by molar-refractivity contribution is 0.602. The van der Waals surface area contributed by atoms with Crippen LogP contribution in [0.2, 0.25) is 0 Å². The highest BCUT2D eigenvalue weighted by Crippen LogP contribution is 2.22. The van der Waals surface area contributed by atoms with Gasteiger partial charge in [0.15, 0.2) is 0 Å². The molecule has 0 saturated carbocycles. The fraction of sp³-hybridized carbons (Fsp3) is 0.182. The third-order valence-corrected chi connectivity index (χ3v) is 3.62. The van der Waals surface area contributed by atoms with Crippen LogP contribution in [0.25, 0.3) is 10.8 Å². The normalized spacial score (nSPS) is 11.6. The van der Waals surface area contributed by atoms with Crippen LogP contribution in [0.4, 0.5) is 5.69 Å². The van der Waals surface area contributed by atoms with Crippen molar-refractivity contribution >= 4 is 26.5 Å². The maximum absolute atomic E-state index is 11.5. The lowest BCUT2D eigenvalue weighted by Crippen LogP contribution is -2.14. The third-order valence-electron chi connectivity index (χ3n) is 2.33. The number of fused-ring (bicyclic) bond motifs is 1. The Hall–Kier alpha value is -1.62. The first kappa shape index (κ1) is 10.9. The van der Waals surface area contributed by atoms with Gasteiger partial charge in [-0.2, -0.15) is 0 Å². The molecule has 4 nitrogen and oxygen atoms in total. The standard InChI is InChI=1S/C11H12N2O2S/c1-2-16(14,15)13-11-5-3-4-9-8-12-7-6-10(9)11/h3-8,13H,2H2,1H3. The first-order valence-electron chi connectivity index (χ1n) is 4.95. The second kappa shape index (κ2) is 4.09. The smallest absolute Gasteiger partial charge is 0.232 e. The van der Waals surface area contributed by atoms with Crippen LogP contribution in [-0.4, -0.2) is 19.2 Å². The molecule has 0 fully saturated rings. The average molecular weight is 236 g/mol. The fourth-order valence-electron chi connectivity index (χ4n) is 1.45. The zero-order chi connectivity index (χ0) is 11.6. The summed E-state index contributed by atoms with van der Waals surface area (Å²) in [6.07, 6.45) is 3.35. The number of benzene rings is 1. The van der Waals surface area contributed by atoms with Crippen LogP contribution < -0.4 is 4.72 Å². The minimum absolute atomic E-state index is 0.0640. The van der Waals surface area contributed by atoms with Crippen molar-refractivity contribution in [3.05, 3.63) is 36.7 Å². The Balaban J connectivity index is 2.53. The van der Waals surface area contributed by atoms with Crippen LogP contribution in [-0.2, 0) is 10.0 Å². The summed E-state index contributed by atoms with van der Waals surface area (Å²) in [7, 11) is -3.23. The maximum atomic E-state index is 11.5. The van der Waals surface area contributed by atoms with Crippen LogP contribution in [0.15, 0.2) is 36.7 Å². The third kappa shape index (κ3) is 2.14. The number of nitrogens with one attached hydrogen (secondary N) is 1. The van der Waals surface area contributed by atoms with Crippen LogP contribution in [0.3, 0.4) is 0 Å². The van der Waals surface area contributed by atoms with Gasteiger partial charge in [0.2, 0.25) is 10.0 Å². The van der Waals surface area contributed by atoms with E-state index in [2.05, 4.69) is 9.71 Å². The van der Waals surface area contributed by atoms with Gasteiger partial charge in [0.05, 0.1) is 11.4 Å². The average Bonchev–Trinajstić information content (AvgIpc) is 2.29. The van der Waals surface area contributed by atoms with Crippen molar-refractivity contribution in [1.29, 1.82) is 0 Å². The van der Waals surface area contributed by atoms with Gasteiger partial charge in [-0.15, -0.1) is 0 Å². The fourth-order valence-corrected chi connectivity index (χ4v) is 2.11. The summed E-state index contributed by atoms with van der Waals surface area (Å²) < 4.78 is 25.5. The molecular weight excluding hydrogens is 224 g/mol. The molecule has 2 rings (SSSR count). The van der Waals surface area contributed by atoms with Crippen molar-refractivity contribution in [2.75, 3.05) is 10.5 Å². The zero-order valence-electron chi connectivity index (χ0n) is 8.84. The maximum Gasteiger partial charge on any atom is 0.232 e. The van der Waals surface area contributed by atoms with Crippen molar-refractivity contribution in [3.63, 3.8) is 0 Å². The van der Waals surface area contributed by atoms with Crippen LogP contribution >= 0.6 is 0 Å². The van der Waals surface area contributed by atoms with Gasteiger partial charge in [-0.3, -0.25) is 9.71 Å². The molecule has 0 atom stereocenters. The Morgan fingerprint density at radius 2 is 2.12 bits per heavy atom. The zero-order valence-corrected chi connectivity index (χ0v) is 9.66. The molecule has 0 saturated heterocycles. The van der Waals surface area contributed by atoms with Gasteiger partial charge in [-0.05, 0) is 19.1 Å². The van der Waals surface area contributed by atoms with E-state index in [0.717, 1.165) is 10.8 Å². The predicted molar refractivity (Wildman–Crippen MR) is 64.8 cm³/mol. The number of hydrogen-bond acceptors (Lipinski definition) is 3. The molecular formula is C11H12N2O2S. The van der Waals surface area contributed by atoms with E-state index in [1.807, 2.05) is 6.07 Å². The molecule has 1 aromatic carbocycles. The van der Waals surface area contributed by atoms with Crippen molar-refractivity contribution < 1.29 is 8.42 Å². The molecule has 0 bridgehead atoms. The van der Waals surface area contributed by atoms with Crippen molar-refractivity contribution in [2.24, 2.45) is 0 Å². The molecule has 1 N–H and O–H groups in total. The molecule has 1 heterocycles. The minimum atomic E-state index is -3.23. The summed E-state index contributed by atoms with van der Waals surface area (Å²) in [6.45, 7) is 1.61. The van der Waals surface area contributed by atoms with Crippen molar-refractivity contribution in [1.82, 2.24) is 4.98 Å². The first-order valence-corrected chi connectivity index (χ1v) is 6.61. The van der Waals surface area contributed by atoms with Crippen LogP contribution in [0.5, 0.6) is 0 Å². The number of anilines is 1. The molecule has 1 aromatic heterocycles. The Bertz CT molecular complexity index is 603. The van der Waals surface area contributed by atoms with E-state index in [0.29, 0.717) is 5.69 Å². The summed E-state index contributed by atoms with van der Waals surface area (Å²) in [6, 6.07) is 7.24. The molecule has 0 aliphatic carbocycles. The lowest BCUT2D eigenvalue weighted by atomic mass is 10.1. The van der Waals surface area contributed by atoms with E-state index < -0.39 is 10.0 Å². The quantitative estimate of drug-likeness (QED) is 0.886. The molecule has 0 aliphatic heterocycles. The number of hydrogen-bond donors (Lipinski definition) is 1. The van der Waals surface area contributed by atoms with Gasteiger partial charge in [0.1, 0.15) is 0 Å². The Morgan fingerprint density at radius 3 is 2.88 bits per heavy atom. The summed E-state index contributed by atoms with van der Waals surface area (Å²) >= 11 is 0. The molecule has 0 radical (unpaired) electrons. The van der Waals surface area contributed by atoms with E-state index in [1.165, 1.54) is 0 Å². The molecule has 0 amide bonds. The molecule has 16 heavy (non-hydrogen) atoms. The van der Waals surface area contributed by atoms with Gasteiger partial charge >= 0.3 is 0 Å². The summed E-state index contributed by atoms with van der Waals surface area (Å²) in [5, 5.41) is 1.77. The monoisotopic (exact) mass is 236 g/mol. The summed E-state index contributed by atoms with van der Waals surface area (Å²) in [5.41, 5.74) is 0.599. The molecule has 0 aliphatic rings. The molecule has 2 aromatic rings.